The number of benzene rings is 2. The van der Waals surface area contributed by atoms with Crippen molar-refractivity contribution in [1.29, 1.82) is 5.26 Å². The number of rotatable bonds is 4. The lowest BCUT2D eigenvalue weighted by molar-refractivity contribution is 0.198. The molecule has 1 atom stereocenters. The number of nitriles is 1. The number of aliphatic hydroxyl groups excluding tert-OH is 1. The molecule has 0 aliphatic heterocycles. The Bertz CT molecular complexity index is 1230. The van der Waals surface area contributed by atoms with Gasteiger partial charge in [0.1, 0.15) is 0 Å². The van der Waals surface area contributed by atoms with Crippen molar-refractivity contribution in [1.82, 2.24) is 14.4 Å². The predicted octanol–water partition coefficient (Wildman–Crippen LogP) is 4.31. The summed E-state index contributed by atoms with van der Waals surface area (Å²) >= 11 is 0. The van der Waals surface area contributed by atoms with Crippen LogP contribution in [0.3, 0.4) is 0 Å². The Morgan fingerprint density at radius 3 is 2.52 bits per heavy atom. The fourth-order valence-corrected chi connectivity index (χ4v) is 3.52. The Hall–Kier alpha value is -3.69. The first kappa shape index (κ1) is 18.7. The number of aromatic nitrogens is 3. The van der Waals surface area contributed by atoms with E-state index in [1.165, 1.54) is 0 Å². The fourth-order valence-electron chi connectivity index (χ4n) is 3.52. The van der Waals surface area contributed by atoms with Crippen LogP contribution in [0.4, 0.5) is 0 Å². The molecule has 0 saturated carbocycles. The smallest absolute Gasteiger partial charge is 0.258 e. The van der Waals surface area contributed by atoms with Crippen molar-refractivity contribution in [3.8, 4) is 34.5 Å². The number of hydrogen-bond acceptors (Lipinski definition) is 5. The standard InChI is InChI=1S/C23H20N4O2/c1-14-4-7-18(12-19(14)15(2)28)21-20(17-8-5-16(13-24)6-9-17)26-23(29-3)22-25-10-11-27(21)22/h4-12,15,28H,1-3H3. The van der Waals surface area contributed by atoms with E-state index in [0.717, 1.165) is 27.9 Å². The molecular formula is C23H20N4O2. The molecule has 29 heavy (non-hydrogen) atoms. The van der Waals surface area contributed by atoms with Gasteiger partial charge in [0.05, 0.1) is 36.2 Å². The molecule has 0 saturated heterocycles. The summed E-state index contributed by atoms with van der Waals surface area (Å²) in [6.07, 6.45) is 2.98. The molecular weight excluding hydrogens is 364 g/mol. The van der Waals surface area contributed by atoms with E-state index in [-0.39, 0.29) is 0 Å². The van der Waals surface area contributed by atoms with Crippen LogP contribution in [0, 0.1) is 18.3 Å². The number of aryl methyl sites for hydroxylation is 1. The minimum absolute atomic E-state index is 0.418. The van der Waals surface area contributed by atoms with Crippen LogP contribution in [0.2, 0.25) is 0 Å². The second kappa shape index (κ2) is 7.38. The number of aliphatic hydroxyl groups is 1. The highest BCUT2D eigenvalue weighted by atomic mass is 16.5. The van der Waals surface area contributed by atoms with Crippen molar-refractivity contribution in [3.05, 3.63) is 71.5 Å². The highest BCUT2D eigenvalue weighted by Gasteiger charge is 2.19. The average Bonchev–Trinajstić information content (AvgIpc) is 3.23. The number of methoxy groups -OCH3 is 1. The van der Waals surface area contributed by atoms with E-state index >= 15 is 0 Å². The van der Waals surface area contributed by atoms with Gasteiger partial charge in [-0.25, -0.2) is 9.97 Å². The summed E-state index contributed by atoms with van der Waals surface area (Å²) in [5, 5.41) is 19.3. The van der Waals surface area contributed by atoms with Crippen molar-refractivity contribution in [2.45, 2.75) is 20.0 Å². The molecule has 6 heteroatoms. The molecule has 4 rings (SSSR count). The van der Waals surface area contributed by atoms with Gasteiger partial charge in [-0.1, -0.05) is 24.3 Å². The van der Waals surface area contributed by atoms with Crippen molar-refractivity contribution >= 4 is 5.65 Å². The molecule has 2 aromatic heterocycles. The summed E-state index contributed by atoms with van der Waals surface area (Å²) < 4.78 is 7.42. The van der Waals surface area contributed by atoms with E-state index in [2.05, 4.69) is 11.1 Å². The van der Waals surface area contributed by atoms with E-state index in [1.807, 2.05) is 47.9 Å². The molecule has 0 aliphatic rings. The Balaban J connectivity index is 2.05. The van der Waals surface area contributed by atoms with Gasteiger partial charge in [0.25, 0.3) is 5.88 Å². The predicted molar refractivity (Wildman–Crippen MR) is 110 cm³/mol. The molecule has 144 valence electrons. The van der Waals surface area contributed by atoms with E-state index in [0.29, 0.717) is 22.8 Å². The number of imidazole rings is 1. The zero-order chi connectivity index (χ0) is 20.5. The van der Waals surface area contributed by atoms with Gasteiger partial charge in [0, 0.05) is 23.5 Å². The maximum atomic E-state index is 10.2. The number of ether oxygens (including phenoxy) is 1. The summed E-state index contributed by atoms with van der Waals surface area (Å²) in [6.45, 7) is 3.74. The largest absolute Gasteiger partial charge is 0.478 e. The van der Waals surface area contributed by atoms with Gasteiger partial charge in [-0.3, -0.25) is 4.40 Å². The van der Waals surface area contributed by atoms with E-state index in [4.69, 9.17) is 15.0 Å². The van der Waals surface area contributed by atoms with Crippen LogP contribution in [-0.2, 0) is 0 Å². The lowest BCUT2D eigenvalue weighted by Crippen LogP contribution is -2.03. The number of nitrogens with zero attached hydrogens (tertiary/aromatic N) is 4. The molecule has 0 bridgehead atoms. The summed E-state index contributed by atoms with van der Waals surface area (Å²) in [5.74, 6) is 0.418. The fraction of sp³-hybridized carbons (Fsp3) is 0.174. The van der Waals surface area contributed by atoms with E-state index in [9.17, 15) is 5.11 Å². The van der Waals surface area contributed by atoms with Gasteiger partial charge >= 0.3 is 0 Å². The van der Waals surface area contributed by atoms with Crippen LogP contribution >= 0.6 is 0 Å². The first-order valence-corrected chi connectivity index (χ1v) is 9.24. The second-order valence-corrected chi connectivity index (χ2v) is 6.88. The third-order valence-corrected chi connectivity index (χ3v) is 4.99. The van der Waals surface area contributed by atoms with Crippen LogP contribution in [0.5, 0.6) is 5.88 Å². The van der Waals surface area contributed by atoms with Gasteiger partial charge in [0.15, 0.2) is 0 Å². The van der Waals surface area contributed by atoms with Crippen molar-refractivity contribution < 1.29 is 9.84 Å². The zero-order valence-electron chi connectivity index (χ0n) is 16.4. The van der Waals surface area contributed by atoms with Crippen molar-refractivity contribution in [3.63, 3.8) is 0 Å². The Kier molecular flexibility index (Phi) is 4.75. The Labute approximate surface area is 168 Å². The summed E-state index contributed by atoms with van der Waals surface area (Å²) in [6, 6.07) is 15.4. The van der Waals surface area contributed by atoms with Crippen molar-refractivity contribution in [2.75, 3.05) is 7.11 Å². The van der Waals surface area contributed by atoms with Gasteiger partial charge in [0.2, 0.25) is 5.65 Å². The van der Waals surface area contributed by atoms with Crippen LogP contribution in [0.1, 0.15) is 29.7 Å². The molecule has 0 radical (unpaired) electrons. The van der Waals surface area contributed by atoms with Crippen LogP contribution < -0.4 is 4.74 Å². The van der Waals surface area contributed by atoms with Gasteiger partial charge < -0.3 is 9.84 Å². The van der Waals surface area contributed by atoms with Gasteiger partial charge in [-0.2, -0.15) is 5.26 Å². The van der Waals surface area contributed by atoms with Gasteiger partial charge in [-0.05, 0) is 43.2 Å². The first-order chi connectivity index (χ1) is 14.0. The normalized spacial score (nSPS) is 12.0. The monoisotopic (exact) mass is 384 g/mol. The van der Waals surface area contributed by atoms with Crippen LogP contribution in [0.25, 0.3) is 28.2 Å². The minimum atomic E-state index is -0.585. The molecule has 0 amide bonds. The first-order valence-electron chi connectivity index (χ1n) is 9.24. The number of fused-ring (bicyclic) bond motifs is 1. The molecule has 6 nitrogen and oxygen atoms in total. The highest BCUT2D eigenvalue weighted by molar-refractivity contribution is 5.82. The zero-order valence-corrected chi connectivity index (χ0v) is 16.4. The molecule has 4 aromatic rings. The third kappa shape index (κ3) is 3.22. The summed E-state index contributed by atoms with van der Waals surface area (Å²) in [7, 11) is 1.57. The maximum absolute atomic E-state index is 10.2. The topological polar surface area (TPSA) is 83.4 Å². The number of hydrogen-bond donors (Lipinski definition) is 1. The van der Waals surface area contributed by atoms with Crippen LogP contribution in [-0.4, -0.2) is 26.6 Å². The molecule has 0 spiro atoms. The Morgan fingerprint density at radius 1 is 1.14 bits per heavy atom. The third-order valence-electron chi connectivity index (χ3n) is 4.99. The Morgan fingerprint density at radius 2 is 1.86 bits per heavy atom. The quantitative estimate of drug-likeness (QED) is 0.567. The second-order valence-electron chi connectivity index (χ2n) is 6.88. The molecule has 1 unspecified atom stereocenters. The van der Waals surface area contributed by atoms with Crippen LogP contribution in [0.15, 0.2) is 54.9 Å². The molecule has 1 N–H and O–H groups in total. The molecule has 0 aliphatic carbocycles. The van der Waals surface area contributed by atoms with E-state index in [1.54, 1.807) is 32.4 Å². The lowest BCUT2D eigenvalue weighted by atomic mass is 9.97. The summed E-state index contributed by atoms with van der Waals surface area (Å²) in [5.41, 5.74) is 6.37. The lowest BCUT2D eigenvalue weighted by Gasteiger charge is -2.17. The molecule has 0 fully saturated rings. The summed E-state index contributed by atoms with van der Waals surface area (Å²) in [4.78, 5) is 9.14. The van der Waals surface area contributed by atoms with Crippen molar-refractivity contribution in [2.24, 2.45) is 0 Å². The molecule has 2 aromatic carbocycles. The van der Waals surface area contributed by atoms with Gasteiger partial charge in [-0.15, -0.1) is 0 Å². The highest BCUT2D eigenvalue weighted by Crippen LogP contribution is 2.36. The average molecular weight is 384 g/mol. The van der Waals surface area contributed by atoms with E-state index < -0.39 is 6.10 Å². The maximum Gasteiger partial charge on any atom is 0.258 e. The molecule has 2 heterocycles. The SMILES string of the molecule is COc1nc(-c2ccc(C#N)cc2)c(-c2ccc(C)c(C(C)O)c2)n2ccnc12. The minimum Gasteiger partial charge on any atom is -0.478 e.